The third-order valence-electron chi connectivity index (χ3n) is 5.68. The van der Waals surface area contributed by atoms with Crippen molar-refractivity contribution in [3.8, 4) is 0 Å². The summed E-state index contributed by atoms with van der Waals surface area (Å²) in [6.45, 7) is 8.76. The van der Waals surface area contributed by atoms with Crippen LogP contribution in [0.25, 0.3) is 0 Å². The number of nitrogens with zero attached hydrogens (tertiary/aromatic N) is 1. The van der Waals surface area contributed by atoms with Gasteiger partial charge in [0, 0.05) is 32.0 Å². The highest BCUT2D eigenvalue weighted by Gasteiger charge is 2.29. The predicted molar refractivity (Wildman–Crippen MR) is 96.6 cm³/mol. The SMILES string of the molecule is CCCCNC(=O)C1CCN(C(=O)CC(C)C2CCCNC2)CC1. The zero-order valence-electron chi connectivity index (χ0n) is 15.5. The first kappa shape index (κ1) is 19.2. The summed E-state index contributed by atoms with van der Waals surface area (Å²) in [6.07, 6.45) is 6.87. The third kappa shape index (κ3) is 5.76. The molecule has 138 valence electrons. The maximum atomic E-state index is 12.5. The molecule has 2 fully saturated rings. The Balaban J connectivity index is 1.69. The maximum Gasteiger partial charge on any atom is 0.223 e. The van der Waals surface area contributed by atoms with Crippen LogP contribution < -0.4 is 10.6 Å². The van der Waals surface area contributed by atoms with Gasteiger partial charge in [-0.15, -0.1) is 0 Å². The molecular weight excluding hydrogens is 302 g/mol. The number of likely N-dealkylation sites (tertiary alicyclic amines) is 1. The monoisotopic (exact) mass is 337 g/mol. The lowest BCUT2D eigenvalue weighted by Gasteiger charge is -2.34. The normalized spacial score (nSPS) is 23.8. The van der Waals surface area contributed by atoms with Crippen molar-refractivity contribution in [2.75, 3.05) is 32.7 Å². The first-order valence-electron chi connectivity index (χ1n) is 9.88. The van der Waals surface area contributed by atoms with Crippen LogP contribution >= 0.6 is 0 Å². The van der Waals surface area contributed by atoms with Gasteiger partial charge < -0.3 is 15.5 Å². The molecule has 2 saturated heterocycles. The van der Waals surface area contributed by atoms with E-state index in [1.54, 1.807) is 0 Å². The minimum absolute atomic E-state index is 0.0888. The second kappa shape index (κ2) is 10.0. The number of hydrogen-bond acceptors (Lipinski definition) is 3. The minimum atomic E-state index is 0.0888. The number of carbonyl (C=O) groups is 2. The van der Waals surface area contributed by atoms with Gasteiger partial charge in [-0.05, 0) is 57.0 Å². The zero-order valence-corrected chi connectivity index (χ0v) is 15.5. The number of piperidine rings is 2. The Morgan fingerprint density at radius 2 is 2.00 bits per heavy atom. The standard InChI is InChI=1S/C19H35N3O2/c1-3-4-10-21-19(24)16-7-11-22(12-8-16)18(23)13-15(2)17-6-5-9-20-14-17/h15-17,20H,3-14H2,1-2H3,(H,21,24). The zero-order chi connectivity index (χ0) is 17.4. The van der Waals surface area contributed by atoms with Gasteiger partial charge in [-0.25, -0.2) is 0 Å². The van der Waals surface area contributed by atoms with Crippen LogP contribution in [0.2, 0.25) is 0 Å². The van der Waals surface area contributed by atoms with Crippen LogP contribution in [0.1, 0.15) is 58.8 Å². The molecular formula is C19H35N3O2. The van der Waals surface area contributed by atoms with E-state index in [0.29, 0.717) is 18.3 Å². The van der Waals surface area contributed by atoms with Gasteiger partial charge in [0.05, 0.1) is 0 Å². The molecule has 2 heterocycles. The molecule has 2 N–H and O–H groups in total. The van der Waals surface area contributed by atoms with E-state index in [9.17, 15) is 9.59 Å². The highest BCUT2D eigenvalue weighted by molar-refractivity contribution is 5.80. The molecule has 2 atom stereocenters. The summed E-state index contributed by atoms with van der Waals surface area (Å²) in [7, 11) is 0. The number of hydrogen-bond donors (Lipinski definition) is 2. The topological polar surface area (TPSA) is 61.4 Å². The van der Waals surface area contributed by atoms with Gasteiger partial charge >= 0.3 is 0 Å². The molecule has 0 aromatic heterocycles. The number of rotatable bonds is 7. The summed E-state index contributed by atoms with van der Waals surface area (Å²) in [5.41, 5.74) is 0. The van der Waals surface area contributed by atoms with Crippen LogP contribution in [0.15, 0.2) is 0 Å². The number of carbonyl (C=O) groups excluding carboxylic acids is 2. The molecule has 2 rings (SSSR count). The van der Waals surface area contributed by atoms with E-state index in [-0.39, 0.29) is 17.7 Å². The van der Waals surface area contributed by atoms with Crippen molar-refractivity contribution in [2.45, 2.75) is 58.8 Å². The largest absolute Gasteiger partial charge is 0.356 e. The van der Waals surface area contributed by atoms with Crippen molar-refractivity contribution in [3.05, 3.63) is 0 Å². The first-order valence-corrected chi connectivity index (χ1v) is 9.88. The molecule has 5 heteroatoms. The smallest absolute Gasteiger partial charge is 0.223 e. The summed E-state index contributed by atoms with van der Waals surface area (Å²) in [6, 6.07) is 0. The quantitative estimate of drug-likeness (QED) is 0.700. The molecule has 0 aromatic rings. The van der Waals surface area contributed by atoms with Crippen LogP contribution in [0.5, 0.6) is 0 Å². The van der Waals surface area contributed by atoms with E-state index in [1.807, 2.05) is 4.90 Å². The molecule has 0 saturated carbocycles. The predicted octanol–water partition coefficient (Wildman–Crippen LogP) is 2.17. The van der Waals surface area contributed by atoms with E-state index in [2.05, 4.69) is 24.5 Å². The van der Waals surface area contributed by atoms with Crippen molar-refractivity contribution in [1.29, 1.82) is 0 Å². The first-order chi connectivity index (χ1) is 11.6. The minimum Gasteiger partial charge on any atom is -0.356 e. The second-order valence-electron chi connectivity index (χ2n) is 7.59. The molecule has 0 aromatic carbocycles. The van der Waals surface area contributed by atoms with Crippen molar-refractivity contribution >= 4 is 11.8 Å². The van der Waals surface area contributed by atoms with E-state index in [4.69, 9.17) is 0 Å². The lowest BCUT2D eigenvalue weighted by molar-refractivity contribution is -0.136. The molecule has 2 aliphatic rings. The lowest BCUT2D eigenvalue weighted by Crippen LogP contribution is -2.44. The molecule has 0 aliphatic carbocycles. The molecule has 0 radical (unpaired) electrons. The average molecular weight is 338 g/mol. The third-order valence-corrected chi connectivity index (χ3v) is 5.68. The van der Waals surface area contributed by atoms with Crippen molar-refractivity contribution in [2.24, 2.45) is 17.8 Å². The number of amides is 2. The van der Waals surface area contributed by atoms with E-state index in [0.717, 1.165) is 58.4 Å². The Morgan fingerprint density at radius 1 is 1.25 bits per heavy atom. The van der Waals surface area contributed by atoms with Crippen LogP contribution in [-0.2, 0) is 9.59 Å². The van der Waals surface area contributed by atoms with Crippen LogP contribution in [0.4, 0.5) is 0 Å². The van der Waals surface area contributed by atoms with Crippen molar-refractivity contribution < 1.29 is 9.59 Å². The highest BCUT2D eigenvalue weighted by atomic mass is 16.2. The fourth-order valence-corrected chi connectivity index (χ4v) is 3.86. The Kier molecular flexibility index (Phi) is 8.03. The van der Waals surface area contributed by atoms with E-state index in [1.165, 1.54) is 12.8 Å². The number of nitrogens with one attached hydrogen (secondary N) is 2. The second-order valence-corrected chi connectivity index (χ2v) is 7.59. The van der Waals surface area contributed by atoms with Gasteiger partial charge in [-0.1, -0.05) is 20.3 Å². The Bertz CT molecular complexity index is 399. The highest BCUT2D eigenvalue weighted by Crippen LogP contribution is 2.25. The Hall–Kier alpha value is -1.10. The molecule has 2 unspecified atom stereocenters. The van der Waals surface area contributed by atoms with Crippen LogP contribution in [0, 0.1) is 17.8 Å². The number of unbranched alkanes of at least 4 members (excludes halogenated alkanes) is 1. The molecule has 2 aliphatic heterocycles. The van der Waals surface area contributed by atoms with Crippen molar-refractivity contribution in [1.82, 2.24) is 15.5 Å². The van der Waals surface area contributed by atoms with Crippen LogP contribution in [-0.4, -0.2) is 49.4 Å². The van der Waals surface area contributed by atoms with E-state index >= 15 is 0 Å². The average Bonchev–Trinajstić information content (AvgIpc) is 2.62. The van der Waals surface area contributed by atoms with Gasteiger partial charge in [-0.2, -0.15) is 0 Å². The summed E-state index contributed by atoms with van der Waals surface area (Å²) in [5.74, 6) is 1.62. The molecule has 0 bridgehead atoms. The lowest BCUT2D eigenvalue weighted by atomic mass is 9.85. The summed E-state index contributed by atoms with van der Waals surface area (Å²) < 4.78 is 0. The summed E-state index contributed by atoms with van der Waals surface area (Å²) in [5, 5.41) is 6.46. The Morgan fingerprint density at radius 3 is 2.62 bits per heavy atom. The van der Waals surface area contributed by atoms with E-state index < -0.39 is 0 Å². The van der Waals surface area contributed by atoms with Gasteiger partial charge in [0.25, 0.3) is 0 Å². The summed E-state index contributed by atoms with van der Waals surface area (Å²) in [4.78, 5) is 26.6. The molecule has 0 spiro atoms. The molecule has 24 heavy (non-hydrogen) atoms. The Labute approximate surface area is 146 Å². The van der Waals surface area contributed by atoms with Gasteiger partial charge in [0.2, 0.25) is 11.8 Å². The van der Waals surface area contributed by atoms with Gasteiger partial charge in [-0.3, -0.25) is 9.59 Å². The fourth-order valence-electron chi connectivity index (χ4n) is 3.86. The van der Waals surface area contributed by atoms with Gasteiger partial charge in [0.15, 0.2) is 0 Å². The molecule has 2 amide bonds. The van der Waals surface area contributed by atoms with Crippen LogP contribution in [0.3, 0.4) is 0 Å². The fraction of sp³-hybridized carbons (Fsp3) is 0.895. The summed E-state index contributed by atoms with van der Waals surface area (Å²) >= 11 is 0. The van der Waals surface area contributed by atoms with Gasteiger partial charge in [0.1, 0.15) is 0 Å². The maximum absolute atomic E-state index is 12.5. The van der Waals surface area contributed by atoms with Crippen molar-refractivity contribution in [3.63, 3.8) is 0 Å². The molecule has 5 nitrogen and oxygen atoms in total.